The van der Waals surface area contributed by atoms with E-state index in [1.165, 1.54) is 18.2 Å². The van der Waals surface area contributed by atoms with E-state index in [0.29, 0.717) is 0 Å². The molecular formula is C13H14F3NO2. The van der Waals surface area contributed by atoms with Crippen molar-refractivity contribution in [2.45, 2.75) is 31.6 Å². The Morgan fingerprint density at radius 3 is 2.47 bits per heavy atom. The summed E-state index contributed by atoms with van der Waals surface area (Å²) >= 11 is 0. The molecule has 1 aromatic rings. The Kier molecular flexibility index (Phi) is 3.80. The summed E-state index contributed by atoms with van der Waals surface area (Å²) in [6.45, 7) is -0.205. The first-order valence-corrected chi connectivity index (χ1v) is 5.99. The van der Waals surface area contributed by atoms with Crippen LogP contribution in [0.3, 0.4) is 0 Å². The molecule has 0 atom stereocenters. The van der Waals surface area contributed by atoms with Gasteiger partial charge in [-0.25, -0.2) is 0 Å². The van der Waals surface area contributed by atoms with Crippen LogP contribution in [0.5, 0.6) is 0 Å². The third-order valence-electron chi connectivity index (χ3n) is 3.10. The summed E-state index contributed by atoms with van der Waals surface area (Å²) in [5, 5.41) is 8.80. The van der Waals surface area contributed by atoms with Gasteiger partial charge in [0.15, 0.2) is 0 Å². The highest BCUT2D eigenvalue weighted by molar-refractivity contribution is 5.69. The molecule has 19 heavy (non-hydrogen) atoms. The highest BCUT2D eigenvalue weighted by Crippen LogP contribution is 2.34. The van der Waals surface area contributed by atoms with Gasteiger partial charge >= 0.3 is 12.1 Å². The van der Waals surface area contributed by atoms with Crippen LogP contribution in [0.2, 0.25) is 0 Å². The molecule has 2 rings (SSSR count). The number of nitrogens with zero attached hydrogens (tertiary/aromatic N) is 1. The van der Waals surface area contributed by atoms with Crippen molar-refractivity contribution in [3.8, 4) is 0 Å². The molecule has 0 amide bonds. The van der Waals surface area contributed by atoms with Gasteiger partial charge in [0.05, 0.1) is 12.1 Å². The van der Waals surface area contributed by atoms with Gasteiger partial charge in [-0.15, -0.1) is 0 Å². The number of carboxylic acid groups (broad SMARTS) is 1. The average Bonchev–Trinajstić information content (AvgIpc) is 3.10. The summed E-state index contributed by atoms with van der Waals surface area (Å²) in [6, 6.07) is 5.40. The Hall–Kier alpha value is -1.56. The minimum Gasteiger partial charge on any atom is -0.480 e. The van der Waals surface area contributed by atoms with Gasteiger partial charge in [-0.05, 0) is 24.5 Å². The maximum absolute atomic E-state index is 12.8. The number of benzene rings is 1. The van der Waals surface area contributed by atoms with Crippen molar-refractivity contribution in [3.05, 3.63) is 35.4 Å². The number of alkyl halides is 3. The first-order valence-electron chi connectivity index (χ1n) is 5.99. The average molecular weight is 273 g/mol. The van der Waals surface area contributed by atoms with Crippen molar-refractivity contribution < 1.29 is 23.1 Å². The number of carbonyl (C=O) groups is 1. The Morgan fingerprint density at radius 2 is 1.95 bits per heavy atom. The molecule has 1 fully saturated rings. The van der Waals surface area contributed by atoms with Crippen molar-refractivity contribution in [2.75, 3.05) is 6.54 Å². The van der Waals surface area contributed by atoms with E-state index in [-0.39, 0.29) is 24.7 Å². The molecule has 1 aromatic carbocycles. The highest BCUT2D eigenvalue weighted by atomic mass is 19.4. The van der Waals surface area contributed by atoms with Gasteiger partial charge in [0.1, 0.15) is 0 Å². The van der Waals surface area contributed by atoms with Gasteiger partial charge in [-0.1, -0.05) is 18.2 Å². The number of halogens is 3. The van der Waals surface area contributed by atoms with Crippen LogP contribution in [0.25, 0.3) is 0 Å². The molecule has 0 bridgehead atoms. The van der Waals surface area contributed by atoms with Crippen LogP contribution >= 0.6 is 0 Å². The van der Waals surface area contributed by atoms with E-state index in [9.17, 15) is 18.0 Å². The Balaban J connectivity index is 2.19. The molecule has 6 heteroatoms. The van der Waals surface area contributed by atoms with Gasteiger partial charge in [-0.2, -0.15) is 13.2 Å². The highest BCUT2D eigenvalue weighted by Gasteiger charge is 2.35. The number of aliphatic carboxylic acids is 1. The summed E-state index contributed by atoms with van der Waals surface area (Å²) in [7, 11) is 0. The molecule has 0 aromatic heterocycles. The lowest BCUT2D eigenvalue weighted by Crippen LogP contribution is -2.32. The van der Waals surface area contributed by atoms with E-state index in [1.807, 2.05) is 0 Å². The molecule has 1 N–H and O–H groups in total. The lowest BCUT2D eigenvalue weighted by molar-refractivity contribution is -0.139. The zero-order valence-electron chi connectivity index (χ0n) is 10.2. The molecule has 0 aliphatic heterocycles. The van der Waals surface area contributed by atoms with Crippen LogP contribution in [0.15, 0.2) is 24.3 Å². The maximum Gasteiger partial charge on any atom is 0.416 e. The van der Waals surface area contributed by atoms with E-state index in [0.717, 1.165) is 18.9 Å². The van der Waals surface area contributed by atoms with Crippen molar-refractivity contribution >= 4 is 5.97 Å². The SMILES string of the molecule is O=C(O)CN(Cc1ccccc1C(F)(F)F)C1CC1. The molecule has 0 heterocycles. The van der Waals surface area contributed by atoms with E-state index in [2.05, 4.69) is 0 Å². The fourth-order valence-electron chi connectivity index (χ4n) is 2.08. The van der Waals surface area contributed by atoms with E-state index < -0.39 is 17.7 Å². The van der Waals surface area contributed by atoms with Gasteiger partial charge < -0.3 is 5.11 Å². The van der Waals surface area contributed by atoms with E-state index in [1.54, 1.807) is 4.90 Å². The van der Waals surface area contributed by atoms with Gasteiger partial charge in [0.2, 0.25) is 0 Å². The number of carboxylic acids is 1. The first-order chi connectivity index (χ1) is 8.88. The predicted octanol–water partition coefficient (Wildman–Crippen LogP) is 2.75. The third kappa shape index (κ3) is 3.70. The molecule has 0 spiro atoms. The quantitative estimate of drug-likeness (QED) is 0.896. The van der Waals surface area contributed by atoms with Gasteiger partial charge in [0, 0.05) is 12.6 Å². The summed E-state index contributed by atoms with van der Waals surface area (Å²) in [5.41, 5.74) is -0.561. The fourth-order valence-corrected chi connectivity index (χ4v) is 2.08. The molecule has 1 aliphatic carbocycles. The van der Waals surface area contributed by atoms with Crippen LogP contribution < -0.4 is 0 Å². The number of rotatable bonds is 5. The molecule has 3 nitrogen and oxygen atoms in total. The van der Waals surface area contributed by atoms with Crippen LogP contribution in [0.4, 0.5) is 13.2 Å². The number of hydrogen-bond acceptors (Lipinski definition) is 2. The summed E-state index contributed by atoms with van der Waals surface area (Å²) in [4.78, 5) is 12.3. The smallest absolute Gasteiger partial charge is 0.416 e. The lowest BCUT2D eigenvalue weighted by Gasteiger charge is -2.22. The zero-order valence-corrected chi connectivity index (χ0v) is 10.2. The maximum atomic E-state index is 12.8. The lowest BCUT2D eigenvalue weighted by atomic mass is 10.1. The number of hydrogen-bond donors (Lipinski definition) is 1. The summed E-state index contributed by atoms with van der Waals surface area (Å²) < 4.78 is 38.5. The Labute approximate surface area is 108 Å². The predicted molar refractivity (Wildman–Crippen MR) is 62.5 cm³/mol. The van der Waals surface area contributed by atoms with E-state index in [4.69, 9.17) is 5.11 Å². The summed E-state index contributed by atoms with van der Waals surface area (Å²) in [5.74, 6) is -1.02. The molecular weight excluding hydrogens is 259 g/mol. The monoisotopic (exact) mass is 273 g/mol. The van der Waals surface area contributed by atoms with Crippen LogP contribution in [0.1, 0.15) is 24.0 Å². The third-order valence-corrected chi connectivity index (χ3v) is 3.10. The minimum absolute atomic E-state index is 0.0205. The molecule has 0 saturated heterocycles. The van der Waals surface area contributed by atoms with Crippen LogP contribution in [-0.2, 0) is 17.5 Å². The van der Waals surface area contributed by atoms with Crippen molar-refractivity contribution in [1.82, 2.24) is 4.90 Å². The minimum atomic E-state index is -4.41. The van der Waals surface area contributed by atoms with Crippen molar-refractivity contribution in [3.63, 3.8) is 0 Å². The molecule has 1 aliphatic rings. The van der Waals surface area contributed by atoms with Gasteiger partial charge in [-0.3, -0.25) is 9.69 Å². The van der Waals surface area contributed by atoms with Crippen LogP contribution in [-0.4, -0.2) is 28.6 Å². The first kappa shape index (κ1) is 13.9. The second-order valence-corrected chi connectivity index (χ2v) is 4.68. The molecule has 0 radical (unpaired) electrons. The summed E-state index contributed by atoms with van der Waals surface area (Å²) in [6.07, 6.45) is -2.71. The van der Waals surface area contributed by atoms with Gasteiger partial charge in [0.25, 0.3) is 0 Å². The molecule has 0 unspecified atom stereocenters. The van der Waals surface area contributed by atoms with Crippen LogP contribution in [0, 0.1) is 0 Å². The second-order valence-electron chi connectivity index (χ2n) is 4.68. The largest absolute Gasteiger partial charge is 0.480 e. The topological polar surface area (TPSA) is 40.5 Å². The van der Waals surface area contributed by atoms with Crippen molar-refractivity contribution in [2.24, 2.45) is 0 Å². The second kappa shape index (κ2) is 5.21. The standard InChI is InChI=1S/C13H14F3NO2/c14-13(15,16)11-4-2-1-3-9(11)7-17(8-12(18)19)10-5-6-10/h1-4,10H,5-8H2,(H,18,19). The Bertz CT molecular complexity index is 469. The molecule has 104 valence electrons. The van der Waals surface area contributed by atoms with Crippen molar-refractivity contribution in [1.29, 1.82) is 0 Å². The Morgan fingerprint density at radius 1 is 1.32 bits per heavy atom. The fraction of sp³-hybridized carbons (Fsp3) is 0.462. The zero-order chi connectivity index (χ0) is 14.0. The normalized spacial score (nSPS) is 15.8. The molecule has 1 saturated carbocycles. The van der Waals surface area contributed by atoms with E-state index >= 15 is 0 Å².